The van der Waals surface area contributed by atoms with Crippen LogP contribution in [0.2, 0.25) is 0 Å². The number of hydrogen-bond acceptors (Lipinski definition) is 2. The van der Waals surface area contributed by atoms with Crippen molar-refractivity contribution < 1.29 is 0 Å². The SMILES string of the molecule is Cc1ccc2cc(C(N)C(C)(C)CCN)ccc2c1. The fourth-order valence-corrected chi connectivity index (χ4v) is 2.56. The molecule has 2 aromatic carbocycles. The molecule has 0 saturated heterocycles. The Kier molecular flexibility index (Phi) is 3.93. The summed E-state index contributed by atoms with van der Waals surface area (Å²) in [6.07, 6.45) is 0.931. The van der Waals surface area contributed by atoms with Crippen molar-refractivity contribution in [3.63, 3.8) is 0 Å². The van der Waals surface area contributed by atoms with Gasteiger partial charge in [0, 0.05) is 6.04 Å². The molecule has 0 saturated carbocycles. The first-order chi connectivity index (χ1) is 8.94. The van der Waals surface area contributed by atoms with E-state index in [0.29, 0.717) is 6.54 Å². The lowest BCUT2D eigenvalue weighted by Crippen LogP contribution is -2.31. The summed E-state index contributed by atoms with van der Waals surface area (Å²) >= 11 is 0. The molecule has 1 atom stereocenters. The van der Waals surface area contributed by atoms with Crippen LogP contribution in [0.25, 0.3) is 10.8 Å². The van der Waals surface area contributed by atoms with E-state index in [1.165, 1.54) is 21.9 Å². The van der Waals surface area contributed by atoms with E-state index in [1.54, 1.807) is 0 Å². The smallest absolute Gasteiger partial charge is 0.0347 e. The minimum Gasteiger partial charge on any atom is -0.330 e. The lowest BCUT2D eigenvalue weighted by Gasteiger charge is -2.31. The molecule has 0 amide bonds. The third-order valence-electron chi connectivity index (χ3n) is 4.01. The summed E-state index contributed by atoms with van der Waals surface area (Å²) in [6.45, 7) is 7.16. The van der Waals surface area contributed by atoms with E-state index in [1.807, 2.05) is 0 Å². The molecule has 2 aromatic rings. The summed E-state index contributed by atoms with van der Waals surface area (Å²) in [5.41, 5.74) is 14.6. The van der Waals surface area contributed by atoms with Gasteiger partial charge in [-0.05, 0) is 47.7 Å². The standard InChI is InChI=1S/C17H24N2/c1-12-4-5-14-11-15(7-6-13(14)10-12)16(19)17(2,3)8-9-18/h4-7,10-11,16H,8-9,18-19H2,1-3H3. The van der Waals surface area contributed by atoms with Crippen molar-refractivity contribution >= 4 is 10.8 Å². The van der Waals surface area contributed by atoms with Gasteiger partial charge in [0.25, 0.3) is 0 Å². The van der Waals surface area contributed by atoms with Crippen molar-refractivity contribution in [3.8, 4) is 0 Å². The Morgan fingerprint density at radius 1 is 1.05 bits per heavy atom. The monoisotopic (exact) mass is 256 g/mol. The van der Waals surface area contributed by atoms with Gasteiger partial charge in [0.05, 0.1) is 0 Å². The highest BCUT2D eigenvalue weighted by molar-refractivity contribution is 5.83. The Morgan fingerprint density at radius 2 is 1.68 bits per heavy atom. The highest BCUT2D eigenvalue weighted by Gasteiger charge is 2.26. The molecule has 2 rings (SSSR count). The predicted molar refractivity (Wildman–Crippen MR) is 83.1 cm³/mol. The molecule has 2 heteroatoms. The highest BCUT2D eigenvalue weighted by Crippen LogP contribution is 2.35. The van der Waals surface area contributed by atoms with Crippen LogP contribution < -0.4 is 11.5 Å². The van der Waals surface area contributed by atoms with Crippen LogP contribution in [0.15, 0.2) is 36.4 Å². The van der Waals surface area contributed by atoms with Gasteiger partial charge in [0.2, 0.25) is 0 Å². The topological polar surface area (TPSA) is 52.0 Å². The van der Waals surface area contributed by atoms with Gasteiger partial charge in [-0.2, -0.15) is 0 Å². The molecule has 0 aliphatic rings. The maximum Gasteiger partial charge on any atom is 0.0347 e. The minimum atomic E-state index is 0.0155. The average molecular weight is 256 g/mol. The summed E-state index contributed by atoms with van der Waals surface area (Å²) < 4.78 is 0. The Labute approximate surface area is 115 Å². The molecule has 0 aromatic heterocycles. The lowest BCUT2D eigenvalue weighted by atomic mass is 9.78. The summed E-state index contributed by atoms with van der Waals surface area (Å²) in [6, 6.07) is 13.0. The van der Waals surface area contributed by atoms with Crippen LogP contribution in [0.3, 0.4) is 0 Å². The number of benzene rings is 2. The molecular formula is C17H24N2. The molecule has 0 bridgehead atoms. The first-order valence-electron chi connectivity index (χ1n) is 6.90. The second-order valence-electron chi connectivity index (χ2n) is 6.11. The average Bonchev–Trinajstić information content (AvgIpc) is 2.37. The van der Waals surface area contributed by atoms with Gasteiger partial charge in [0.1, 0.15) is 0 Å². The molecule has 0 aliphatic heterocycles. The largest absolute Gasteiger partial charge is 0.330 e. The van der Waals surface area contributed by atoms with Crippen molar-refractivity contribution in [2.24, 2.45) is 16.9 Å². The molecule has 2 nitrogen and oxygen atoms in total. The minimum absolute atomic E-state index is 0.0155. The number of rotatable bonds is 4. The zero-order valence-corrected chi connectivity index (χ0v) is 12.1. The van der Waals surface area contributed by atoms with Gasteiger partial charge < -0.3 is 11.5 Å². The van der Waals surface area contributed by atoms with Crippen LogP contribution in [0.5, 0.6) is 0 Å². The summed E-state index contributed by atoms with van der Waals surface area (Å²) in [5, 5.41) is 2.52. The van der Waals surface area contributed by atoms with Crippen molar-refractivity contribution in [1.82, 2.24) is 0 Å². The number of aryl methyl sites for hydroxylation is 1. The number of hydrogen-bond donors (Lipinski definition) is 2. The van der Waals surface area contributed by atoms with Gasteiger partial charge in [-0.15, -0.1) is 0 Å². The molecule has 1 unspecified atom stereocenters. The van der Waals surface area contributed by atoms with Crippen LogP contribution in [0.1, 0.15) is 37.4 Å². The van der Waals surface area contributed by atoms with Crippen LogP contribution in [-0.4, -0.2) is 6.54 Å². The quantitative estimate of drug-likeness (QED) is 0.879. The molecule has 0 spiro atoms. The van der Waals surface area contributed by atoms with E-state index in [9.17, 15) is 0 Å². The molecule has 4 N–H and O–H groups in total. The maximum absolute atomic E-state index is 6.42. The molecule has 19 heavy (non-hydrogen) atoms. The van der Waals surface area contributed by atoms with Crippen LogP contribution in [0, 0.1) is 12.3 Å². The number of fused-ring (bicyclic) bond motifs is 1. The van der Waals surface area contributed by atoms with E-state index in [2.05, 4.69) is 57.2 Å². The lowest BCUT2D eigenvalue weighted by molar-refractivity contribution is 0.271. The third-order valence-corrected chi connectivity index (χ3v) is 4.01. The van der Waals surface area contributed by atoms with Crippen LogP contribution in [-0.2, 0) is 0 Å². The van der Waals surface area contributed by atoms with E-state index in [4.69, 9.17) is 11.5 Å². The van der Waals surface area contributed by atoms with Crippen molar-refractivity contribution in [1.29, 1.82) is 0 Å². The van der Waals surface area contributed by atoms with Crippen LogP contribution in [0.4, 0.5) is 0 Å². The summed E-state index contributed by atoms with van der Waals surface area (Å²) in [5.74, 6) is 0. The van der Waals surface area contributed by atoms with E-state index >= 15 is 0 Å². The van der Waals surface area contributed by atoms with Gasteiger partial charge >= 0.3 is 0 Å². The Bertz CT molecular complexity index is 572. The van der Waals surface area contributed by atoms with Gasteiger partial charge in [-0.1, -0.05) is 49.7 Å². The molecular weight excluding hydrogens is 232 g/mol. The van der Waals surface area contributed by atoms with Crippen molar-refractivity contribution in [2.75, 3.05) is 6.54 Å². The molecule has 0 heterocycles. The fraction of sp³-hybridized carbons (Fsp3) is 0.412. The Morgan fingerprint density at radius 3 is 2.37 bits per heavy atom. The zero-order valence-electron chi connectivity index (χ0n) is 12.1. The zero-order chi connectivity index (χ0) is 14.0. The molecule has 0 fully saturated rings. The first-order valence-corrected chi connectivity index (χ1v) is 6.90. The maximum atomic E-state index is 6.42. The van der Waals surface area contributed by atoms with E-state index in [-0.39, 0.29) is 11.5 Å². The fourth-order valence-electron chi connectivity index (χ4n) is 2.56. The highest BCUT2D eigenvalue weighted by atomic mass is 14.7. The van der Waals surface area contributed by atoms with Gasteiger partial charge in [-0.25, -0.2) is 0 Å². The van der Waals surface area contributed by atoms with Gasteiger partial charge in [0.15, 0.2) is 0 Å². The van der Waals surface area contributed by atoms with Crippen LogP contribution >= 0.6 is 0 Å². The number of nitrogens with two attached hydrogens (primary N) is 2. The second kappa shape index (κ2) is 5.32. The third kappa shape index (κ3) is 2.96. The van der Waals surface area contributed by atoms with E-state index in [0.717, 1.165) is 6.42 Å². The molecule has 0 radical (unpaired) electrons. The first kappa shape index (κ1) is 14.0. The Hall–Kier alpha value is -1.38. The van der Waals surface area contributed by atoms with Crippen molar-refractivity contribution in [2.45, 2.75) is 33.2 Å². The van der Waals surface area contributed by atoms with E-state index < -0.39 is 0 Å². The molecule has 0 aliphatic carbocycles. The summed E-state index contributed by atoms with van der Waals surface area (Å²) in [7, 11) is 0. The second-order valence-corrected chi connectivity index (χ2v) is 6.11. The molecule has 102 valence electrons. The van der Waals surface area contributed by atoms with Crippen molar-refractivity contribution in [3.05, 3.63) is 47.5 Å². The summed E-state index contributed by atoms with van der Waals surface area (Å²) in [4.78, 5) is 0. The Balaban J connectivity index is 2.38. The van der Waals surface area contributed by atoms with Gasteiger partial charge in [-0.3, -0.25) is 0 Å². The normalized spacial score (nSPS) is 13.7. The predicted octanol–water partition coefficient (Wildman–Crippen LogP) is 3.52.